The second-order valence-corrected chi connectivity index (χ2v) is 5.81. The summed E-state index contributed by atoms with van der Waals surface area (Å²) in [4.78, 5) is 25.4. The van der Waals surface area contributed by atoms with Crippen molar-refractivity contribution < 1.29 is 24.2 Å². The lowest BCUT2D eigenvalue weighted by atomic mass is 9.95. The van der Waals surface area contributed by atoms with Crippen molar-refractivity contribution >= 4 is 11.9 Å². The number of halogens is 1. The lowest BCUT2D eigenvalue weighted by Gasteiger charge is -2.18. The van der Waals surface area contributed by atoms with E-state index in [-0.39, 0.29) is 28.9 Å². The molecular weight excluding hydrogens is 337 g/mol. The number of carbonyl (C=O) groups is 2. The third kappa shape index (κ3) is 3.49. The Labute approximate surface area is 149 Å². The quantitative estimate of drug-likeness (QED) is 0.879. The maximum atomic E-state index is 13.1. The molecule has 0 aliphatic carbocycles. The average molecular weight is 353 g/mol. The van der Waals surface area contributed by atoms with Crippen LogP contribution >= 0.6 is 0 Å². The highest BCUT2D eigenvalue weighted by atomic mass is 19.1. The number of carboxylic acid groups (broad SMARTS) is 1. The van der Waals surface area contributed by atoms with Crippen molar-refractivity contribution in [2.45, 2.75) is 12.8 Å². The zero-order valence-electron chi connectivity index (χ0n) is 13.7. The summed E-state index contributed by atoms with van der Waals surface area (Å²) in [7, 11) is 0. The van der Waals surface area contributed by atoms with E-state index in [9.17, 15) is 24.2 Å². The Balaban J connectivity index is 2.03. The Hall–Kier alpha value is -3.41. The van der Waals surface area contributed by atoms with Crippen molar-refractivity contribution in [2.24, 2.45) is 0 Å². The number of carboxylic acids is 1. The van der Waals surface area contributed by atoms with E-state index < -0.39 is 17.7 Å². The Morgan fingerprint density at radius 3 is 2.23 bits per heavy atom. The smallest absolute Gasteiger partial charge is 0.336 e. The molecular formula is C20H16FNO4. The molecule has 1 heterocycles. The Bertz CT molecular complexity index is 904. The first-order valence-corrected chi connectivity index (χ1v) is 7.96. The van der Waals surface area contributed by atoms with Gasteiger partial charge in [0.05, 0.1) is 11.1 Å². The number of allylic oxidation sites excluding steroid dienone is 2. The molecule has 2 aromatic rings. The first-order chi connectivity index (χ1) is 12.5. The largest absolute Gasteiger partial charge is 0.507 e. The van der Waals surface area contributed by atoms with Gasteiger partial charge in [0.2, 0.25) is 0 Å². The zero-order chi connectivity index (χ0) is 18.7. The number of carbonyl (C=O) groups excluding carboxylic acids is 1. The fourth-order valence-corrected chi connectivity index (χ4v) is 2.75. The van der Waals surface area contributed by atoms with Gasteiger partial charge < -0.3 is 10.2 Å². The summed E-state index contributed by atoms with van der Waals surface area (Å²) >= 11 is 0. The molecule has 6 heteroatoms. The van der Waals surface area contributed by atoms with E-state index in [1.165, 1.54) is 41.3 Å². The van der Waals surface area contributed by atoms with Crippen molar-refractivity contribution in [3.63, 3.8) is 0 Å². The van der Waals surface area contributed by atoms with Gasteiger partial charge >= 0.3 is 5.97 Å². The fraction of sp³-hybridized carbons (Fsp3) is 0.100. The van der Waals surface area contributed by atoms with Crippen LogP contribution < -0.4 is 0 Å². The maximum Gasteiger partial charge on any atom is 0.336 e. The normalized spacial score (nSPS) is 13.0. The van der Waals surface area contributed by atoms with E-state index in [4.69, 9.17) is 0 Å². The molecule has 0 saturated heterocycles. The Morgan fingerprint density at radius 2 is 1.62 bits per heavy atom. The Kier molecular flexibility index (Phi) is 4.84. The summed E-state index contributed by atoms with van der Waals surface area (Å²) in [6.45, 7) is 0. The third-order valence-corrected chi connectivity index (χ3v) is 4.08. The second-order valence-electron chi connectivity index (χ2n) is 5.81. The molecule has 2 aromatic carbocycles. The van der Waals surface area contributed by atoms with Crippen LogP contribution in [-0.2, 0) is 6.42 Å². The van der Waals surface area contributed by atoms with Gasteiger partial charge in [0.25, 0.3) is 5.91 Å². The molecule has 2 N–H and O–H groups in total. The highest BCUT2D eigenvalue weighted by molar-refractivity contribution is 6.01. The molecule has 0 bridgehead atoms. The number of benzene rings is 2. The lowest BCUT2D eigenvalue weighted by Crippen LogP contribution is -2.22. The molecule has 0 fully saturated rings. The predicted molar refractivity (Wildman–Crippen MR) is 93.3 cm³/mol. The standard InChI is InChI=1S/C20H16FNO4/c21-14-6-4-13(5-7-14)12-17-15(20(25)26)8-9-16(18(17)23)19(24)22-10-2-1-3-11-22/h2-11,23H,1,12H2,(H,25,26). The fourth-order valence-electron chi connectivity index (χ4n) is 2.75. The summed E-state index contributed by atoms with van der Waals surface area (Å²) in [5.41, 5.74) is 0.628. The summed E-state index contributed by atoms with van der Waals surface area (Å²) < 4.78 is 13.1. The minimum atomic E-state index is -1.21. The maximum absolute atomic E-state index is 13.1. The van der Waals surface area contributed by atoms with E-state index in [0.29, 0.717) is 12.0 Å². The van der Waals surface area contributed by atoms with Gasteiger partial charge in [-0.25, -0.2) is 9.18 Å². The van der Waals surface area contributed by atoms with Crippen LogP contribution in [0.25, 0.3) is 0 Å². The molecule has 0 unspecified atom stereocenters. The van der Waals surface area contributed by atoms with Gasteiger partial charge in [-0.05, 0) is 36.2 Å². The van der Waals surface area contributed by atoms with E-state index in [2.05, 4.69) is 0 Å². The molecule has 0 atom stereocenters. The summed E-state index contributed by atoms with van der Waals surface area (Å²) in [6.07, 6.45) is 7.53. The number of amides is 1. The number of hydrogen-bond acceptors (Lipinski definition) is 3. The number of phenols is 1. The third-order valence-electron chi connectivity index (χ3n) is 4.08. The number of rotatable bonds is 4. The van der Waals surface area contributed by atoms with Crippen molar-refractivity contribution in [1.82, 2.24) is 4.90 Å². The van der Waals surface area contributed by atoms with Crippen molar-refractivity contribution in [2.75, 3.05) is 0 Å². The van der Waals surface area contributed by atoms with Gasteiger partial charge in [0.1, 0.15) is 11.6 Å². The molecule has 26 heavy (non-hydrogen) atoms. The van der Waals surface area contributed by atoms with Gasteiger partial charge in [0, 0.05) is 24.4 Å². The molecule has 0 saturated carbocycles. The van der Waals surface area contributed by atoms with Crippen LogP contribution in [0.2, 0.25) is 0 Å². The molecule has 1 aliphatic heterocycles. The van der Waals surface area contributed by atoms with Crippen molar-refractivity contribution in [3.8, 4) is 5.75 Å². The van der Waals surface area contributed by atoms with Gasteiger partial charge in [-0.2, -0.15) is 0 Å². The van der Waals surface area contributed by atoms with Gasteiger partial charge in [-0.3, -0.25) is 9.69 Å². The molecule has 1 amide bonds. The average Bonchev–Trinajstić information content (AvgIpc) is 2.65. The first kappa shape index (κ1) is 17.4. The van der Waals surface area contributed by atoms with Crippen LogP contribution in [0.1, 0.15) is 38.3 Å². The molecule has 1 aliphatic rings. The highest BCUT2D eigenvalue weighted by Crippen LogP contribution is 2.30. The van der Waals surface area contributed by atoms with Crippen LogP contribution in [0.4, 0.5) is 4.39 Å². The first-order valence-electron chi connectivity index (χ1n) is 7.96. The van der Waals surface area contributed by atoms with Crippen molar-refractivity contribution in [1.29, 1.82) is 0 Å². The van der Waals surface area contributed by atoms with E-state index >= 15 is 0 Å². The number of aromatic carboxylic acids is 1. The molecule has 0 radical (unpaired) electrons. The molecule has 5 nitrogen and oxygen atoms in total. The molecule has 0 aromatic heterocycles. The number of aromatic hydroxyl groups is 1. The summed E-state index contributed by atoms with van der Waals surface area (Å²) in [6, 6.07) is 8.11. The van der Waals surface area contributed by atoms with Crippen molar-refractivity contribution in [3.05, 3.63) is 89.0 Å². The minimum absolute atomic E-state index is 0.00307. The zero-order valence-corrected chi connectivity index (χ0v) is 13.7. The van der Waals surface area contributed by atoms with E-state index in [0.717, 1.165) is 0 Å². The van der Waals surface area contributed by atoms with Gasteiger partial charge in [0.15, 0.2) is 0 Å². The van der Waals surface area contributed by atoms with Crippen LogP contribution in [0.15, 0.2) is 61.0 Å². The van der Waals surface area contributed by atoms with Crippen LogP contribution in [0.3, 0.4) is 0 Å². The van der Waals surface area contributed by atoms with Crippen LogP contribution in [-0.4, -0.2) is 27.0 Å². The van der Waals surface area contributed by atoms with E-state index in [1.54, 1.807) is 24.6 Å². The monoisotopic (exact) mass is 353 g/mol. The number of nitrogens with zero attached hydrogens (tertiary/aromatic N) is 1. The highest BCUT2D eigenvalue weighted by Gasteiger charge is 2.23. The number of phenolic OH excluding ortho intramolecular Hbond substituents is 1. The topological polar surface area (TPSA) is 77.8 Å². The van der Waals surface area contributed by atoms with Crippen LogP contribution in [0, 0.1) is 5.82 Å². The second kappa shape index (κ2) is 7.23. The summed E-state index contributed by atoms with van der Waals surface area (Å²) in [5.74, 6) is -2.48. The Morgan fingerprint density at radius 1 is 1.00 bits per heavy atom. The molecule has 3 rings (SSSR count). The number of hydrogen-bond donors (Lipinski definition) is 2. The van der Waals surface area contributed by atoms with E-state index in [1.807, 2.05) is 0 Å². The molecule has 132 valence electrons. The van der Waals surface area contributed by atoms with Gasteiger partial charge in [-0.1, -0.05) is 24.3 Å². The SMILES string of the molecule is O=C(O)c1ccc(C(=O)N2C=CCC=C2)c(O)c1Cc1ccc(F)cc1. The molecule has 0 spiro atoms. The van der Waals surface area contributed by atoms with Gasteiger partial charge in [-0.15, -0.1) is 0 Å². The summed E-state index contributed by atoms with van der Waals surface area (Å²) in [5, 5.41) is 20.0. The lowest BCUT2D eigenvalue weighted by molar-refractivity contribution is 0.0694. The van der Waals surface area contributed by atoms with Crippen LogP contribution in [0.5, 0.6) is 5.75 Å². The minimum Gasteiger partial charge on any atom is -0.507 e. The predicted octanol–water partition coefficient (Wildman–Crippen LogP) is 3.69.